The van der Waals surface area contributed by atoms with E-state index in [0.29, 0.717) is 23.1 Å². The van der Waals surface area contributed by atoms with Crippen LogP contribution in [0.25, 0.3) is 0 Å². The Morgan fingerprint density at radius 2 is 2.07 bits per heavy atom. The quantitative estimate of drug-likeness (QED) is 0.707. The molecule has 0 aliphatic heterocycles. The molecule has 1 aliphatic rings. The smallest absolute Gasteiger partial charge is 0.163 e. The van der Waals surface area contributed by atoms with Gasteiger partial charge in [0.2, 0.25) is 0 Å². The van der Waals surface area contributed by atoms with Crippen molar-refractivity contribution < 1.29 is 15.0 Å². The third-order valence-electron chi connectivity index (χ3n) is 2.67. The Morgan fingerprint density at radius 3 is 2.79 bits per heavy atom. The molecule has 0 atom stereocenters. The lowest BCUT2D eigenvalue weighted by molar-refractivity contribution is 0.0971. The SMILES string of the molecule is O=C1CCCc2c1ccc(CO)c2O. The van der Waals surface area contributed by atoms with E-state index in [1.165, 1.54) is 0 Å². The number of hydrogen-bond donors (Lipinski definition) is 2. The van der Waals surface area contributed by atoms with Crippen molar-refractivity contribution >= 4 is 5.78 Å². The van der Waals surface area contributed by atoms with Gasteiger partial charge in [-0.15, -0.1) is 0 Å². The van der Waals surface area contributed by atoms with Crippen LogP contribution in [0.5, 0.6) is 5.75 Å². The molecule has 0 heterocycles. The van der Waals surface area contributed by atoms with Gasteiger partial charge in [0.05, 0.1) is 6.61 Å². The molecular formula is C11H12O3. The van der Waals surface area contributed by atoms with Crippen LogP contribution in [-0.4, -0.2) is 16.0 Å². The van der Waals surface area contributed by atoms with Crippen molar-refractivity contribution in [2.75, 3.05) is 0 Å². The molecule has 74 valence electrons. The van der Waals surface area contributed by atoms with E-state index >= 15 is 0 Å². The highest BCUT2D eigenvalue weighted by Crippen LogP contribution is 2.31. The summed E-state index contributed by atoms with van der Waals surface area (Å²) in [5.41, 5.74) is 1.82. The summed E-state index contributed by atoms with van der Waals surface area (Å²) in [5, 5.41) is 18.7. The first kappa shape index (κ1) is 9.21. The molecule has 1 aromatic rings. The number of carbonyl (C=O) groups excluding carboxylic acids is 1. The molecule has 1 aliphatic carbocycles. The second-order valence-corrected chi connectivity index (χ2v) is 3.53. The first-order valence-electron chi connectivity index (χ1n) is 4.72. The lowest BCUT2D eigenvalue weighted by Crippen LogP contribution is -2.11. The number of phenols is 1. The Labute approximate surface area is 82.0 Å². The highest BCUT2D eigenvalue weighted by molar-refractivity contribution is 5.99. The number of aliphatic hydroxyl groups excluding tert-OH is 1. The summed E-state index contributed by atoms with van der Waals surface area (Å²) in [4.78, 5) is 11.5. The number of Topliss-reactive ketones (excluding diaryl/α,β-unsaturated/α-hetero) is 1. The number of ketones is 1. The maximum absolute atomic E-state index is 11.5. The van der Waals surface area contributed by atoms with Gasteiger partial charge < -0.3 is 10.2 Å². The number of carbonyl (C=O) groups is 1. The van der Waals surface area contributed by atoms with E-state index in [1.807, 2.05) is 0 Å². The minimum Gasteiger partial charge on any atom is -0.507 e. The Balaban J connectivity index is 2.57. The molecular weight excluding hydrogens is 180 g/mol. The van der Waals surface area contributed by atoms with Crippen molar-refractivity contribution in [3.8, 4) is 5.75 Å². The van der Waals surface area contributed by atoms with Crippen LogP contribution in [0.1, 0.15) is 34.3 Å². The van der Waals surface area contributed by atoms with Gasteiger partial charge in [-0.3, -0.25) is 4.79 Å². The molecule has 0 aromatic heterocycles. The largest absolute Gasteiger partial charge is 0.507 e. The number of rotatable bonds is 1. The minimum absolute atomic E-state index is 0.0889. The zero-order chi connectivity index (χ0) is 10.1. The lowest BCUT2D eigenvalue weighted by Gasteiger charge is -2.17. The van der Waals surface area contributed by atoms with Gasteiger partial charge in [0, 0.05) is 23.1 Å². The number of benzene rings is 1. The van der Waals surface area contributed by atoms with Crippen molar-refractivity contribution in [3.05, 3.63) is 28.8 Å². The van der Waals surface area contributed by atoms with Gasteiger partial charge >= 0.3 is 0 Å². The molecule has 0 amide bonds. The van der Waals surface area contributed by atoms with E-state index in [4.69, 9.17) is 5.11 Å². The number of aromatic hydroxyl groups is 1. The molecule has 3 heteroatoms. The fourth-order valence-electron chi connectivity index (χ4n) is 1.89. The zero-order valence-electron chi connectivity index (χ0n) is 7.79. The first-order valence-corrected chi connectivity index (χ1v) is 4.72. The van der Waals surface area contributed by atoms with Gasteiger partial charge in [0.1, 0.15) is 5.75 Å². The Hall–Kier alpha value is -1.35. The van der Waals surface area contributed by atoms with Crippen LogP contribution in [-0.2, 0) is 13.0 Å². The number of hydrogen-bond acceptors (Lipinski definition) is 3. The molecule has 2 N–H and O–H groups in total. The summed E-state index contributed by atoms with van der Waals surface area (Å²) in [7, 11) is 0. The highest BCUT2D eigenvalue weighted by Gasteiger charge is 2.21. The molecule has 14 heavy (non-hydrogen) atoms. The van der Waals surface area contributed by atoms with E-state index in [2.05, 4.69) is 0 Å². The third-order valence-corrected chi connectivity index (χ3v) is 2.67. The Morgan fingerprint density at radius 1 is 1.29 bits per heavy atom. The molecule has 0 spiro atoms. The second kappa shape index (κ2) is 3.42. The van der Waals surface area contributed by atoms with Gasteiger partial charge in [0.25, 0.3) is 0 Å². The number of aliphatic hydroxyl groups is 1. The van der Waals surface area contributed by atoms with Crippen LogP contribution < -0.4 is 0 Å². The van der Waals surface area contributed by atoms with Crippen LogP contribution in [0.2, 0.25) is 0 Å². The van der Waals surface area contributed by atoms with Crippen LogP contribution in [0.4, 0.5) is 0 Å². The third kappa shape index (κ3) is 1.30. The summed E-state index contributed by atoms with van der Waals surface area (Å²) in [6, 6.07) is 3.31. The van der Waals surface area contributed by atoms with Crippen molar-refractivity contribution in [2.24, 2.45) is 0 Å². The average molecular weight is 192 g/mol. The molecule has 0 saturated carbocycles. The van der Waals surface area contributed by atoms with Crippen molar-refractivity contribution in [1.29, 1.82) is 0 Å². The van der Waals surface area contributed by atoms with E-state index in [1.54, 1.807) is 12.1 Å². The van der Waals surface area contributed by atoms with Crippen LogP contribution in [0.15, 0.2) is 12.1 Å². The van der Waals surface area contributed by atoms with Crippen molar-refractivity contribution in [2.45, 2.75) is 25.9 Å². The van der Waals surface area contributed by atoms with Crippen LogP contribution in [0.3, 0.4) is 0 Å². The fraction of sp³-hybridized carbons (Fsp3) is 0.364. The van der Waals surface area contributed by atoms with Crippen LogP contribution in [0, 0.1) is 0 Å². The molecule has 0 bridgehead atoms. The predicted molar refractivity (Wildman–Crippen MR) is 51.3 cm³/mol. The summed E-state index contributed by atoms with van der Waals surface area (Å²) in [6.45, 7) is -0.187. The standard InChI is InChI=1S/C11H12O3/c12-6-7-4-5-8-9(11(7)14)2-1-3-10(8)13/h4-5,12,14H,1-3,6H2. The van der Waals surface area contributed by atoms with Gasteiger partial charge in [-0.1, -0.05) is 12.1 Å². The first-order chi connectivity index (χ1) is 6.74. The normalized spacial score (nSPS) is 15.4. The minimum atomic E-state index is -0.187. The molecule has 0 fully saturated rings. The lowest BCUT2D eigenvalue weighted by atomic mass is 9.88. The van der Waals surface area contributed by atoms with Gasteiger partial charge in [-0.05, 0) is 12.8 Å². The summed E-state index contributed by atoms with van der Waals surface area (Å²) >= 11 is 0. The van der Waals surface area contributed by atoms with Crippen molar-refractivity contribution in [3.63, 3.8) is 0 Å². The number of fused-ring (bicyclic) bond motifs is 1. The summed E-state index contributed by atoms with van der Waals surface area (Å²) < 4.78 is 0. The van der Waals surface area contributed by atoms with Crippen LogP contribution >= 0.6 is 0 Å². The van der Waals surface area contributed by atoms with E-state index in [-0.39, 0.29) is 18.1 Å². The Kier molecular flexibility index (Phi) is 2.25. The molecule has 3 nitrogen and oxygen atoms in total. The highest BCUT2D eigenvalue weighted by atomic mass is 16.3. The molecule has 1 aromatic carbocycles. The molecule has 0 unspecified atom stereocenters. The van der Waals surface area contributed by atoms with Gasteiger partial charge in [-0.25, -0.2) is 0 Å². The van der Waals surface area contributed by atoms with E-state index in [0.717, 1.165) is 12.8 Å². The average Bonchev–Trinajstić information content (AvgIpc) is 2.20. The van der Waals surface area contributed by atoms with Crippen molar-refractivity contribution in [1.82, 2.24) is 0 Å². The maximum Gasteiger partial charge on any atom is 0.163 e. The fourth-order valence-corrected chi connectivity index (χ4v) is 1.89. The van der Waals surface area contributed by atoms with Gasteiger partial charge in [-0.2, -0.15) is 0 Å². The Bertz CT molecular complexity index is 382. The predicted octanol–water partition coefficient (Wildman–Crippen LogP) is 1.40. The van der Waals surface area contributed by atoms with Gasteiger partial charge in [0.15, 0.2) is 5.78 Å². The maximum atomic E-state index is 11.5. The zero-order valence-corrected chi connectivity index (χ0v) is 7.79. The molecule has 2 rings (SSSR count). The van der Waals surface area contributed by atoms with E-state index in [9.17, 15) is 9.90 Å². The summed E-state index contributed by atoms with van der Waals surface area (Å²) in [6.07, 6.45) is 2.07. The monoisotopic (exact) mass is 192 g/mol. The van der Waals surface area contributed by atoms with E-state index < -0.39 is 0 Å². The topological polar surface area (TPSA) is 57.5 Å². The molecule has 0 radical (unpaired) electrons. The second-order valence-electron chi connectivity index (χ2n) is 3.53. The molecule has 0 saturated heterocycles. The summed E-state index contributed by atoms with van der Waals surface area (Å²) in [5.74, 6) is 0.184.